The minimum Gasteiger partial charge on any atom is -0.354 e. The van der Waals surface area contributed by atoms with E-state index in [-0.39, 0.29) is 44.0 Å². The number of rotatable bonds is 11. The van der Waals surface area contributed by atoms with Gasteiger partial charge in [-0.25, -0.2) is 8.42 Å². The van der Waals surface area contributed by atoms with E-state index in [0.717, 1.165) is 9.87 Å². The number of carbonyl (C=O) groups excluding carboxylic acids is 2. The molecule has 1 unspecified atom stereocenters. The number of carbonyl (C=O) groups is 2. The predicted molar refractivity (Wildman–Crippen MR) is 166 cm³/mol. The van der Waals surface area contributed by atoms with Crippen LogP contribution in [0.1, 0.15) is 31.9 Å². The Kier molecular flexibility index (Phi) is 11.4. The van der Waals surface area contributed by atoms with Crippen molar-refractivity contribution in [2.24, 2.45) is 5.92 Å². The number of amides is 2. The van der Waals surface area contributed by atoms with Crippen LogP contribution in [0.3, 0.4) is 0 Å². The maximum Gasteiger partial charge on any atom is 0.264 e. The average molecular weight is 659 g/mol. The highest BCUT2D eigenvalue weighted by Crippen LogP contribution is 2.35. The fourth-order valence-corrected chi connectivity index (χ4v) is 6.10. The first-order chi connectivity index (χ1) is 19.2. The van der Waals surface area contributed by atoms with Crippen LogP contribution in [0.5, 0.6) is 0 Å². The summed E-state index contributed by atoms with van der Waals surface area (Å²) in [4.78, 5) is 28.3. The van der Waals surface area contributed by atoms with Crippen molar-refractivity contribution >= 4 is 73.9 Å². The molecule has 0 spiro atoms. The Labute approximate surface area is 261 Å². The van der Waals surface area contributed by atoms with Crippen LogP contribution in [0.4, 0.5) is 5.69 Å². The number of sulfonamides is 1. The number of hydrogen-bond acceptors (Lipinski definition) is 4. The molecule has 3 rings (SSSR count). The summed E-state index contributed by atoms with van der Waals surface area (Å²) >= 11 is 25.0. The van der Waals surface area contributed by atoms with Crippen molar-refractivity contribution in [3.8, 4) is 0 Å². The summed E-state index contributed by atoms with van der Waals surface area (Å²) in [5.41, 5.74) is 1.49. The number of nitrogens with zero attached hydrogens (tertiary/aromatic N) is 2. The van der Waals surface area contributed by atoms with Crippen LogP contribution in [0, 0.1) is 12.8 Å². The summed E-state index contributed by atoms with van der Waals surface area (Å²) in [5.74, 6) is -0.846. The van der Waals surface area contributed by atoms with Crippen LogP contribution in [0.15, 0.2) is 65.6 Å². The molecular formula is C29H31Cl4N3O4S. The molecule has 0 aliphatic rings. The van der Waals surface area contributed by atoms with E-state index in [2.05, 4.69) is 5.32 Å². The Hall–Kier alpha value is -2.49. The SMILES string of the molecule is Cc1ccc(S(=O)(=O)N(CC(=O)N(Cc2ccc(Cl)c(Cl)c2)C(C)C(=O)NCC(C)C)c2cccc(Cl)c2Cl)cc1. The van der Waals surface area contributed by atoms with Crippen LogP contribution in [-0.4, -0.2) is 44.3 Å². The lowest BCUT2D eigenvalue weighted by molar-refractivity contribution is -0.139. The second kappa shape index (κ2) is 14.1. The number of benzene rings is 3. The van der Waals surface area contributed by atoms with Gasteiger partial charge in [-0.2, -0.15) is 0 Å². The number of anilines is 1. The zero-order valence-electron chi connectivity index (χ0n) is 23.0. The van der Waals surface area contributed by atoms with E-state index in [9.17, 15) is 18.0 Å². The Bertz CT molecular complexity index is 1510. The average Bonchev–Trinajstić information content (AvgIpc) is 2.92. The molecule has 220 valence electrons. The van der Waals surface area contributed by atoms with Gasteiger partial charge in [0, 0.05) is 13.1 Å². The smallest absolute Gasteiger partial charge is 0.264 e. The first kappa shape index (κ1) is 33.0. The third-order valence-corrected chi connectivity index (χ3v) is 9.60. The van der Waals surface area contributed by atoms with Gasteiger partial charge in [-0.3, -0.25) is 13.9 Å². The number of hydrogen-bond donors (Lipinski definition) is 1. The first-order valence-corrected chi connectivity index (χ1v) is 15.7. The number of aryl methyl sites for hydroxylation is 1. The summed E-state index contributed by atoms with van der Waals surface area (Å²) in [6.45, 7) is 7.03. The van der Waals surface area contributed by atoms with Gasteiger partial charge < -0.3 is 10.2 Å². The Morgan fingerprint density at radius 3 is 2.15 bits per heavy atom. The molecule has 0 heterocycles. The fourth-order valence-electron chi connectivity index (χ4n) is 3.91. The number of nitrogens with one attached hydrogen (secondary N) is 1. The van der Waals surface area contributed by atoms with Gasteiger partial charge >= 0.3 is 0 Å². The Morgan fingerprint density at radius 1 is 0.878 bits per heavy atom. The van der Waals surface area contributed by atoms with Crippen molar-refractivity contribution in [2.45, 2.75) is 45.2 Å². The highest BCUT2D eigenvalue weighted by Gasteiger charge is 2.33. The molecule has 0 aliphatic carbocycles. The molecule has 0 fully saturated rings. The molecule has 41 heavy (non-hydrogen) atoms. The molecule has 0 bridgehead atoms. The zero-order valence-corrected chi connectivity index (χ0v) is 26.8. The van der Waals surface area contributed by atoms with E-state index in [1.165, 1.54) is 29.2 Å². The summed E-state index contributed by atoms with van der Waals surface area (Å²) in [5, 5.41) is 3.54. The maximum absolute atomic E-state index is 14.0. The van der Waals surface area contributed by atoms with Crippen molar-refractivity contribution < 1.29 is 18.0 Å². The van der Waals surface area contributed by atoms with E-state index >= 15 is 0 Å². The maximum atomic E-state index is 14.0. The van der Waals surface area contributed by atoms with Gasteiger partial charge in [-0.1, -0.05) is 90.1 Å². The summed E-state index contributed by atoms with van der Waals surface area (Å²) in [6.07, 6.45) is 0. The topological polar surface area (TPSA) is 86.8 Å². The standard InChI is InChI=1S/C29H31Cl4N3O4S/c1-18(2)15-34-29(38)20(4)35(16-21-10-13-23(30)25(32)14-21)27(37)17-36(26-7-5-6-24(31)28(26)33)41(39,40)22-11-8-19(3)9-12-22/h5-14,18,20H,15-17H2,1-4H3,(H,34,38). The van der Waals surface area contributed by atoms with Crippen LogP contribution < -0.4 is 9.62 Å². The summed E-state index contributed by atoms with van der Waals surface area (Å²) in [6, 6.07) is 14.7. The Balaban J connectivity index is 2.07. The van der Waals surface area contributed by atoms with Crippen LogP contribution in [-0.2, 0) is 26.2 Å². The van der Waals surface area contributed by atoms with Gasteiger partial charge in [0.15, 0.2) is 0 Å². The first-order valence-electron chi connectivity index (χ1n) is 12.8. The zero-order chi connectivity index (χ0) is 30.5. The second-order valence-corrected chi connectivity index (χ2v) is 13.4. The third kappa shape index (κ3) is 8.30. The van der Waals surface area contributed by atoms with E-state index in [1.807, 2.05) is 20.8 Å². The summed E-state index contributed by atoms with van der Waals surface area (Å²) in [7, 11) is -4.29. The van der Waals surface area contributed by atoms with Crippen LogP contribution in [0.2, 0.25) is 20.1 Å². The van der Waals surface area contributed by atoms with Crippen molar-refractivity contribution in [3.63, 3.8) is 0 Å². The Morgan fingerprint density at radius 2 is 1.54 bits per heavy atom. The summed E-state index contributed by atoms with van der Waals surface area (Å²) < 4.78 is 28.8. The monoisotopic (exact) mass is 657 g/mol. The molecule has 0 aromatic heterocycles. The minimum atomic E-state index is -4.29. The van der Waals surface area contributed by atoms with Crippen molar-refractivity contribution in [3.05, 3.63) is 91.9 Å². The van der Waals surface area contributed by atoms with E-state index in [0.29, 0.717) is 17.1 Å². The quantitative estimate of drug-likeness (QED) is 0.241. The molecule has 0 saturated carbocycles. The molecule has 7 nitrogen and oxygen atoms in total. The van der Waals surface area contributed by atoms with E-state index < -0.39 is 28.5 Å². The predicted octanol–water partition coefficient (Wildman–Crippen LogP) is 6.99. The molecule has 2 amide bonds. The van der Waals surface area contributed by atoms with Gasteiger partial charge in [0.2, 0.25) is 11.8 Å². The number of halogens is 4. The van der Waals surface area contributed by atoms with Gasteiger partial charge in [0.05, 0.1) is 30.7 Å². The van der Waals surface area contributed by atoms with E-state index in [1.54, 1.807) is 43.3 Å². The fraction of sp³-hybridized carbons (Fsp3) is 0.310. The molecule has 1 N–H and O–H groups in total. The minimum absolute atomic E-state index is 0.0273. The highest BCUT2D eigenvalue weighted by molar-refractivity contribution is 7.92. The largest absolute Gasteiger partial charge is 0.354 e. The normalized spacial score (nSPS) is 12.2. The van der Waals surface area contributed by atoms with Crippen molar-refractivity contribution in [2.75, 3.05) is 17.4 Å². The second-order valence-electron chi connectivity index (χ2n) is 9.98. The van der Waals surface area contributed by atoms with Gasteiger partial charge in [-0.15, -0.1) is 0 Å². The van der Waals surface area contributed by atoms with E-state index in [4.69, 9.17) is 46.4 Å². The lowest BCUT2D eigenvalue weighted by atomic mass is 10.1. The molecule has 0 aliphatic heterocycles. The molecular weight excluding hydrogens is 628 g/mol. The third-order valence-electron chi connectivity index (χ3n) is 6.28. The van der Waals surface area contributed by atoms with Crippen LogP contribution >= 0.6 is 46.4 Å². The molecule has 0 radical (unpaired) electrons. The molecule has 1 atom stereocenters. The van der Waals surface area contributed by atoms with Crippen molar-refractivity contribution in [1.29, 1.82) is 0 Å². The molecule has 3 aromatic carbocycles. The van der Waals surface area contributed by atoms with Crippen molar-refractivity contribution in [1.82, 2.24) is 10.2 Å². The van der Waals surface area contributed by atoms with Gasteiger partial charge in [0.1, 0.15) is 12.6 Å². The van der Waals surface area contributed by atoms with Gasteiger partial charge in [-0.05, 0) is 61.7 Å². The molecule has 3 aromatic rings. The highest BCUT2D eigenvalue weighted by atomic mass is 35.5. The molecule has 0 saturated heterocycles. The van der Waals surface area contributed by atoms with Gasteiger partial charge in [0.25, 0.3) is 10.0 Å². The van der Waals surface area contributed by atoms with Crippen LogP contribution in [0.25, 0.3) is 0 Å². The lowest BCUT2D eigenvalue weighted by Crippen LogP contribution is -2.51. The molecule has 12 heteroatoms. The lowest BCUT2D eigenvalue weighted by Gasteiger charge is -2.32.